The number of ether oxygens (including phenoxy) is 3. The molecule has 0 aromatic carbocycles. The van der Waals surface area contributed by atoms with Crippen molar-refractivity contribution < 1.29 is 34.6 Å². The highest BCUT2D eigenvalue weighted by molar-refractivity contribution is 7.38. The lowest BCUT2D eigenvalue weighted by Crippen LogP contribution is -2.35. The van der Waals surface area contributed by atoms with Crippen molar-refractivity contribution in [3.8, 4) is 11.8 Å². The van der Waals surface area contributed by atoms with Crippen molar-refractivity contribution in [1.82, 2.24) is 39.0 Å². The van der Waals surface area contributed by atoms with Gasteiger partial charge in [0.05, 0.1) is 18.8 Å². The topological polar surface area (TPSA) is 257 Å². The summed E-state index contributed by atoms with van der Waals surface area (Å²) in [5.74, 6) is -0.312. The molecule has 2 aliphatic rings. The van der Waals surface area contributed by atoms with E-state index in [1.165, 1.54) is 23.5 Å². The van der Waals surface area contributed by atoms with Gasteiger partial charge in [-0.3, -0.25) is 24.2 Å². The SMILES string of the molecule is Nc1nc2c(ncn2C2OC(CPCC3C(COC#CP)OC(n4cnc5c(N)ncnc54)C3O)C(OO)C2O)c(=O)[nH]1. The van der Waals surface area contributed by atoms with Gasteiger partial charge in [-0.05, 0) is 18.0 Å². The number of aliphatic hydroxyl groups excluding tert-OH is 2. The molecule has 2 aliphatic heterocycles. The third kappa shape index (κ3) is 5.39. The Labute approximate surface area is 246 Å². The van der Waals surface area contributed by atoms with Crippen molar-refractivity contribution in [3.05, 3.63) is 29.3 Å². The van der Waals surface area contributed by atoms with E-state index in [0.29, 0.717) is 23.5 Å². The van der Waals surface area contributed by atoms with Crippen LogP contribution in [0.15, 0.2) is 23.8 Å². The van der Waals surface area contributed by atoms with E-state index in [-0.39, 0.29) is 38.1 Å². The van der Waals surface area contributed by atoms with E-state index in [1.54, 1.807) is 4.57 Å². The second-order valence-corrected chi connectivity index (χ2v) is 11.5. The Kier molecular flexibility index (Phi) is 8.40. The number of aromatic amines is 1. The zero-order valence-corrected chi connectivity index (χ0v) is 24.4. The maximum absolute atomic E-state index is 12.2. The zero-order chi connectivity index (χ0) is 30.2. The van der Waals surface area contributed by atoms with Crippen LogP contribution >= 0.6 is 17.8 Å². The molecule has 2 saturated heterocycles. The highest BCUT2D eigenvalue weighted by Crippen LogP contribution is 2.41. The maximum Gasteiger partial charge on any atom is 0.280 e. The van der Waals surface area contributed by atoms with Gasteiger partial charge in [-0.2, -0.15) is 4.98 Å². The Morgan fingerprint density at radius 2 is 1.74 bits per heavy atom. The molecule has 20 heteroatoms. The number of imidazole rings is 2. The smallest absolute Gasteiger partial charge is 0.280 e. The lowest BCUT2D eigenvalue weighted by Gasteiger charge is -2.21. The number of nitrogen functional groups attached to an aromatic ring is 2. The first-order chi connectivity index (χ1) is 20.8. The number of aliphatic hydroxyl groups is 2. The summed E-state index contributed by atoms with van der Waals surface area (Å²) in [6.07, 6.45) is 0.874. The van der Waals surface area contributed by atoms with Crippen LogP contribution in [0, 0.1) is 17.7 Å². The molecule has 18 nitrogen and oxygen atoms in total. The average molecular weight is 634 g/mol. The van der Waals surface area contributed by atoms with Gasteiger partial charge in [0.15, 0.2) is 35.1 Å². The molecule has 0 radical (unpaired) electrons. The second kappa shape index (κ2) is 12.2. The number of nitrogens with zero attached hydrogens (tertiary/aromatic N) is 7. The predicted octanol–water partition coefficient (Wildman–Crippen LogP) is -1.40. The summed E-state index contributed by atoms with van der Waals surface area (Å²) in [6, 6.07) is 0. The Hall–Kier alpha value is -3.52. The van der Waals surface area contributed by atoms with Gasteiger partial charge >= 0.3 is 0 Å². The Morgan fingerprint density at radius 1 is 1.02 bits per heavy atom. The standard InChI is InChI=1S/C23H28N10O8P2/c24-17-12-18(27-6-26-17)32(7-28-12)21-14(34)9(10(39-21)3-38-1-2-42)4-43-5-11-16(41-37)15(35)22(40-11)33-8-29-13-19(33)30-23(25)31-20(13)36/h6-11,14-16,21-22,34-35,37,43H,3-5,42H2,(H2,24,26,27)(H3,25,30,31,36). The van der Waals surface area contributed by atoms with E-state index in [9.17, 15) is 20.3 Å². The van der Waals surface area contributed by atoms with Crippen molar-refractivity contribution in [2.45, 2.75) is 43.0 Å². The number of aromatic nitrogens is 8. The summed E-state index contributed by atoms with van der Waals surface area (Å²) in [5.41, 5.74) is 14.6. The van der Waals surface area contributed by atoms with Crippen molar-refractivity contribution in [2.75, 3.05) is 30.4 Å². The van der Waals surface area contributed by atoms with Crippen molar-refractivity contribution in [2.24, 2.45) is 5.92 Å². The predicted molar refractivity (Wildman–Crippen MR) is 155 cm³/mol. The monoisotopic (exact) mass is 634 g/mol. The average Bonchev–Trinajstić information content (AvgIpc) is 3.74. The van der Waals surface area contributed by atoms with Crippen LogP contribution in [-0.2, 0) is 19.1 Å². The summed E-state index contributed by atoms with van der Waals surface area (Å²) in [4.78, 5) is 39.8. The van der Waals surface area contributed by atoms with Crippen LogP contribution in [0.4, 0.5) is 11.8 Å². The molecule has 0 spiro atoms. The minimum absolute atomic E-state index is 0.0148. The molecule has 8 N–H and O–H groups in total. The summed E-state index contributed by atoms with van der Waals surface area (Å²) in [6.45, 7) is 0.0971. The summed E-state index contributed by atoms with van der Waals surface area (Å²) < 4.78 is 20.7. The number of nitrogens with one attached hydrogen (secondary N) is 1. The lowest BCUT2D eigenvalue weighted by molar-refractivity contribution is -0.297. The molecule has 6 rings (SSSR count). The number of fused-ring (bicyclic) bond motifs is 2. The van der Waals surface area contributed by atoms with Crippen LogP contribution in [0.2, 0.25) is 0 Å². The van der Waals surface area contributed by atoms with Gasteiger partial charge in [-0.1, -0.05) is 9.24 Å². The summed E-state index contributed by atoms with van der Waals surface area (Å²) in [5, 5.41) is 31.9. The van der Waals surface area contributed by atoms with Gasteiger partial charge in [-0.15, -0.1) is 8.58 Å². The second-order valence-electron chi connectivity index (χ2n) is 9.92. The third-order valence-electron chi connectivity index (χ3n) is 7.44. The van der Waals surface area contributed by atoms with Gasteiger partial charge in [0.2, 0.25) is 5.95 Å². The molecule has 0 bridgehead atoms. The number of anilines is 2. The molecule has 0 aliphatic carbocycles. The molecule has 4 aromatic rings. The van der Waals surface area contributed by atoms with Crippen LogP contribution in [0.5, 0.6) is 0 Å². The van der Waals surface area contributed by atoms with Gasteiger partial charge in [0, 0.05) is 5.92 Å². The minimum atomic E-state index is -1.32. The number of nitrogens with two attached hydrogens (primary N) is 2. The molecule has 0 amide bonds. The molecular formula is C23H28N10O8P2. The first kappa shape index (κ1) is 29.5. The van der Waals surface area contributed by atoms with Crippen LogP contribution in [0.3, 0.4) is 0 Å². The zero-order valence-electron chi connectivity index (χ0n) is 22.2. The molecule has 10 atom stereocenters. The number of hydrogen-bond donors (Lipinski definition) is 6. The summed E-state index contributed by atoms with van der Waals surface area (Å²) in [7, 11) is 2.41. The number of hydrogen-bond acceptors (Lipinski definition) is 15. The van der Waals surface area contributed by atoms with Crippen LogP contribution < -0.4 is 17.0 Å². The highest BCUT2D eigenvalue weighted by atomic mass is 31.1. The first-order valence-corrected chi connectivity index (χ1v) is 15.0. The van der Waals surface area contributed by atoms with E-state index < -0.39 is 54.5 Å². The van der Waals surface area contributed by atoms with E-state index >= 15 is 0 Å². The van der Waals surface area contributed by atoms with Crippen molar-refractivity contribution in [1.29, 1.82) is 0 Å². The fourth-order valence-corrected chi connectivity index (χ4v) is 7.12. The fourth-order valence-electron chi connectivity index (χ4n) is 5.42. The Morgan fingerprint density at radius 3 is 2.51 bits per heavy atom. The maximum atomic E-state index is 12.2. The molecule has 2 fully saturated rings. The minimum Gasteiger partial charge on any atom is -0.444 e. The number of H-pyrrole nitrogens is 1. The molecule has 10 unspecified atom stereocenters. The molecule has 43 heavy (non-hydrogen) atoms. The van der Waals surface area contributed by atoms with Gasteiger partial charge < -0.3 is 35.9 Å². The van der Waals surface area contributed by atoms with E-state index in [1.807, 2.05) is 0 Å². The molecule has 0 saturated carbocycles. The van der Waals surface area contributed by atoms with Crippen molar-refractivity contribution in [3.63, 3.8) is 0 Å². The normalized spacial score (nSPS) is 29.1. The van der Waals surface area contributed by atoms with Gasteiger partial charge in [0.1, 0.15) is 49.0 Å². The molecule has 4 aromatic heterocycles. The Balaban J connectivity index is 1.17. The van der Waals surface area contributed by atoms with E-state index in [2.05, 4.69) is 55.8 Å². The quantitative estimate of drug-likeness (QED) is 0.0536. The third-order valence-corrected chi connectivity index (χ3v) is 9.01. The van der Waals surface area contributed by atoms with Gasteiger partial charge in [-0.25, -0.2) is 24.8 Å². The van der Waals surface area contributed by atoms with E-state index in [4.69, 9.17) is 25.7 Å². The molecule has 228 valence electrons. The highest BCUT2D eigenvalue weighted by Gasteiger charge is 2.48. The molecular weight excluding hydrogens is 606 g/mol. The Bertz CT molecular complexity index is 1740. The van der Waals surface area contributed by atoms with Crippen molar-refractivity contribution >= 4 is 51.9 Å². The largest absolute Gasteiger partial charge is 0.444 e. The summed E-state index contributed by atoms with van der Waals surface area (Å²) >= 11 is 0. The van der Waals surface area contributed by atoms with Crippen LogP contribution in [0.1, 0.15) is 12.5 Å². The van der Waals surface area contributed by atoms with Gasteiger partial charge in [0.25, 0.3) is 5.56 Å². The lowest BCUT2D eigenvalue weighted by atomic mass is 10.0. The first-order valence-electron chi connectivity index (χ1n) is 13.0. The number of rotatable bonds is 9. The van der Waals surface area contributed by atoms with Crippen LogP contribution in [-0.4, -0.2) is 104 Å². The fraction of sp³-hybridized carbons (Fsp3) is 0.478. The van der Waals surface area contributed by atoms with Crippen LogP contribution in [0.25, 0.3) is 22.3 Å². The van der Waals surface area contributed by atoms with E-state index in [0.717, 1.165) is 0 Å². The molecule has 6 heterocycles.